The average Bonchev–Trinajstić information content (AvgIpc) is 2.45. The monoisotopic (exact) mass is 237 g/mol. The smallest absolute Gasteiger partial charge is 0.292 e. The first kappa shape index (κ1) is 11.3. The molecule has 0 radical (unpaired) electrons. The SMILES string of the molecule is CCC(=O)c1nc(C)c(S(=O)(=O)F)s1. The molecule has 0 spiro atoms. The number of aromatic nitrogens is 1. The van der Waals surface area contributed by atoms with Crippen molar-refractivity contribution >= 4 is 27.3 Å². The van der Waals surface area contributed by atoms with Crippen molar-refractivity contribution in [3.8, 4) is 0 Å². The van der Waals surface area contributed by atoms with Crippen LogP contribution in [-0.2, 0) is 10.2 Å². The van der Waals surface area contributed by atoms with Gasteiger partial charge in [0, 0.05) is 6.42 Å². The quantitative estimate of drug-likeness (QED) is 0.593. The molecular formula is C7H8FNO3S2. The third kappa shape index (κ3) is 2.16. The molecule has 0 saturated carbocycles. The number of thiazole rings is 1. The molecule has 0 fully saturated rings. The maximum absolute atomic E-state index is 12.6. The summed E-state index contributed by atoms with van der Waals surface area (Å²) in [5, 5.41) is 0.0428. The Balaban J connectivity index is 3.25. The second-order valence-electron chi connectivity index (χ2n) is 2.61. The molecule has 0 aliphatic heterocycles. The summed E-state index contributed by atoms with van der Waals surface area (Å²) in [7, 11) is -4.75. The minimum atomic E-state index is -4.75. The Bertz CT molecular complexity index is 463. The summed E-state index contributed by atoms with van der Waals surface area (Å²) in [5.74, 6) is -0.284. The fourth-order valence-corrected chi connectivity index (χ4v) is 2.72. The zero-order chi connectivity index (χ0) is 10.9. The van der Waals surface area contributed by atoms with E-state index in [0.29, 0.717) is 11.3 Å². The van der Waals surface area contributed by atoms with Crippen LogP contribution in [0, 0.1) is 6.92 Å². The van der Waals surface area contributed by atoms with Gasteiger partial charge in [-0.1, -0.05) is 22.1 Å². The van der Waals surface area contributed by atoms with Crippen LogP contribution in [0.4, 0.5) is 3.89 Å². The van der Waals surface area contributed by atoms with Gasteiger partial charge in [-0.15, -0.1) is 0 Å². The Morgan fingerprint density at radius 1 is 1.57 bits per heavy atom. The lowest BCUT2D eigenvalue weighted by atomic mass is 10.3. The second kappa shape index (κ2) is 3.74. The van der Waals surface area contributed by atoms with Gasteiger partial charge in [0.2, 0.25) is 0 Å². The number of aryl methyl sites for hydroxylation is 1. The van der Waals surface area contributed by atoms with E-state index in [-0.39, 0.29) is 22.9 Å². The molecule has 0 aliphatic rings. The van der Waals surface area contributed by atoms with E-state index in [1.165, 1.54) is 6.92 Å². The molecule has 0 aliphatic carbocycles. The summed E-state index contributed by atoms with van der Waals surface area (Å²) in [4.78, 5) is 14.8. The largest absolute Gasteiger partial charge is 0.343 e. The first-order valence-electron chi connectivity index (χ1n) is 3.81. The van der Waals surface area contributed by atoms with Crippen molar-refractivity contribution in [2.75, 3.05) is 0 Å². The molecule has 0 unspecified atom stereocenters. The highest BCUT2D eigenvalue weighted by Gasteiger charge is 2.22. The minimum absolute atomic E-state index is 0.0364. The lowest BCUT2D eigenvalue weighted by Gasteiger charge is -1.86. The van der Waals surface area contributed by atoms with Gasteiger partial charge >= 0.3 is 10.2 Å². The Hall–Kier alpha value is -0.820. The van der Waals surface area contributed by atoms with Crippen LogP contribution in [0.2, 0.25) is 0 Å². The highest BCUT2D eigenvalue weighted by molar-refractivity contribution is 7.88. The van der Waals surface area contributed by atoms with Gasteiger partial charge in [-0.3, -0.25) is 4.79 Å². The number of carbonyl (C=O) groups is 1. The van der Waals surface area contributed by atoms with Gasteiger partial charge in [0.25, 0.3) is 0 Å². The van der Waals surface area contributed by atoms with Gasteiger partial charge < -0.3 is 0 Å². The fraction of sp³-hybridized carbons (Fsp3) is 0.429. The van der Waals surface area contributed by atoms with Gasteiger partial charge in [0.1, 0.15) is 0 Å². The number of Topliss-reactive ketones (excluding diaryl/α,β-unsaturated/α-hetero) is 1. The number of nitrogens with zero attached hydrogens (tertiary/aromatic N) is 1. The number of ketones is 1. The summed E-state index contributed by atoms with van der Waals surface area (Å²) in [5.41, 5.74) is 0.0364. The van der Waals surface area contributed by atoms with E-state index in [1.807, 2.05) is 0 Å². The molecular weight excluding hydrogens is 229 g/mol. The van der Waals surface area contributed by atoms with Crippen molar-refractivity contribution in [1.82, 2.24) is 4.98 Å². The number of rotatable bonds is 3. The number of halogens is 1. The molecule has 14 heavy (non-hydrogen) atoms. The first-order valence-corrected chi connectivity index (χ1v) is 6.01. The van der Waals surface area contributed by atoms with Crippen molar-refractivity contribution in [1.29, 1.82) is 0 Å². The zero-order valence-corrected chi connectivity index (χ0v) is 9.21. The van der Waals surface area contributed by atoms with Crippen LogP contribution in [0.5, 0.6) is 0 Å². The molecule has 0 N–H and O–H groups in total. The van der Waals surface area contributed by atoms with E-state index in [0.717, 1.165) is 0 Å². The predicted molar refractivity (Wildman–Crippen MR) is 49.8 cm³/mol. The zero-order valence-electron chi connectivity index (χ0n) is 7.57. The molecule has 1 rings (SSSR count). The van der Waals surface area contributed by atoms with Gasteiger partial charge in [-0.2, -0.15) is 8.42 Å². The van der Waals surface area contributed by atoms with E-state index in [4.69, 9.17) is 0 Å². The molecule has 1 aromatic heterocycles. The van der Waals surface area contributed by atoms with Crippen LogP contribution in [0.25, 0.3) is 0 Å². The topological polar surface area (TPSA) is 64.1 Å². The molecule has 0 atom stereocenters. The summed E-state index contributed by atoms with van der Waals surface area (Å²) < 4.78 is 33.3. The van der Waals surface area contributed by atoms with Gasteiger partial charge in [0.05, 0.1) is 5.69 Å². The van der Waals surface area contributed by atoms with E-state index >= 15 is 0 Å². The van der Waals surface area contributed by atoms with E-state index in [2.05, 4.69) is 4.98 Å². The first-order chi connectivity index (χ1) is 6.36. The van der Waals surface area contributed by atoms with E-state index in [1.54, 1.807) is 6.92 Å². The van der Waals surface area contributed by atoms with Gasteiger partial charge in [-0.05, 0) is 6.92 Å². The van der Waals surface area contributed by atoms with E-state index in [9.17, 15) is 17.1 Å². The maximum Gasteiger partial charge on any atom is 0.343 e. The van der Waals surface area contributed by atoms with Crippen molar-refractivity contribution in [2.45, 2.75) is 24.5 Å². The highest BCUT2D eigenvalue weighted by atomic mass is 32.3. The van der Waals surface area contributed by atoms with Crippen LogP contribution in [0.3, 0.4) is 0 Å². The maximum atomic E-state index is 12.6. The standard InChI is InChI=1S/C7H8FNO3S2/c1-3-5(10)6-9-4(2)7(13-6)14(8,11)12/h3H2,1-2H3. The second-order valence-corrected chi connectivity index (χ2v) is 5.15. The number of carbonyl (C=O) groups excluding carboxylic acids is 1. The fourth-order valence-electron chi connectivity index (χ4n) is 0.879. The molecule has 78 valence electrons. The summed E-state index contributed by atoms with van der Waals surface area (Å²) in [6, 6.07) is 0. The van der Waals surface area contributed by atoms with Crippen LogP contribution in [-0.4, -0.2) is 19.2 Å². The molecule has 0 bridgehead atoms. The molecule has 7 heteroatoms. The molecule has 0 amide bonds. The number of hydrogen-bond donors (Lipinski definition) is 0. The third-order valence-corrected chi connectivity index (χ3v) is 4.11. The summed E-state index contributed by atoms with van der Waals surface area (Å²) >= 11 is 0.576. The normalized spacial score (nSPS) is 11.6. The highest BCUT2D eigenvalue weighted by Crippen LogP contribution is 2.25. The number of hydrogen-bond acceptors (Lipinski definition) is 5. The Kier molecular flexibility index (Phi) is 3.01. The van der Waals surface area contributed by atoms with Crippen LogP contribution < -0.4 is 0 Å². The molecule has 0 saturated heterocycles. The van der Waals surface area contributed by atoms with Crippen LogP contribution in [0.15, 0.2) is 4.21 Å². The lowest BCUT2D eigenvalue weighted by Crippen LogP contribution is -1.94. The average molecular weight is 237 g/mol. The van der Waals surface area contributed by atoms with Crippen molar-refractivity contribution < 1.29 is 17.1 Å². The van der Waals surface area contributed by atoms with Crippen LogP contribution in [0.1, 0.15) is 28.8 Å². The summed E-state index contributed by atoms with van der Waals surface area (Å²) in [6.07, 6.45) is 0.221. The predicted octanol–water partition coefficient (Wildman–Crippen LogP) is 1.70. The minimum Gasteiger partial charge on any atom is -0.292 e. The van der Waals surface area contributed by atoms with E-state index < -0.39 is 14.4 Å². The van der Waals surface area contributed by atoms with Crippen molar-refractivity contribution in [3.05, 3.63) is 10.7 Å². The van der Waals surface area contributed by atoms with Gasteiger partial charge in [-0.25, -0.2) is 4.98 Å². The third-order valence-electron chi connectivity index (χ3n) is 1.54. The van der Waals surface area contributed by atoms with Crippen LogP contribution >= 0.6 is 11.3 Å². The summed E-state index contributed by atoms with van der Waals surface area (Å²) in [6.45, 7) is 2.98. The lowest BCUT2D eigenvalue weighted by molar-refractivity contribution is 0.0987. The Morgan fingerprint density at radius 3 is 2.50 bits per heavy atom. The molecule has 0 aromatic carbocycles. The molecule has 1 aromatic rings. The Labute approximate surface area is 85.0 Å². The Morgan fingerprint density at radius 2 is 2.14 bits per heavy atom. The van der Waals surface area contributed by atoms with Crippen molar-refractivity contribution in [2.24, 2.45) is 0 Å². The molecule has 1 heterocycles. The molecule has 4 nitrogen and oxygen atoms in total. The van der Waals surface area contributed by atoms with Gasteiger partial charge in [0.15, 0.2) is 15.0 Å². The van der Waals surface area contributed by atoms with Crippen molar-refractivity contribution in [3.63, 3.8) is 0 Å².